The lowest BCUT2D eigenvalue weighted by molar-refractivity contribution is 0.595. The van der Waals surface area contributed by atoms with Crippen molar-refractivity contribution in [2.45, 2.75) is 6.04 Å². The van der Waals surface area contributed by atoms with E-state index in [4.69, 9.17) is 0 Å². The number of hydrogen-bond acceptors (Lipinski definition) is 3. The molecular formula is C12H18N2S. The zero-order valence-electron chi connectivity index (χ0n) is 9.36. The Balaban J connectivity index is 2.08. The lowest BCUT2D eigenvalue weighted by Gasteiger charge is -2.24. The Labute approximate surface area is 96.0 Å². The van der Waals surface area contributed by atoms with E-state index < -0.39 is 0 Å². The van der Waals surface area contributed by atoms with E-state index in [2.05, 4.69) is 48.6 Å². The number of nitrogens with one attached hydrogen (secondary N) is 1. The number of hydrogen-bond donors (Lipinski definition) is 1. The largest absolute Gasteiger partial charge is 0.378 e. The van der Waals surface area contributed by atoms with E-state index in [9.17, 15) is 0 Å². The van der Waals surface area contributed by atoms with Gasteiger partial charge in [0.25, 0.3) is 0 Å². The molecule has 2 rings (SSSR count). The van der Waals surface area contributed by atoms with Crippen LogP contribution in [0.1, 0.15) is 11.6 Å². The van der Waals surface area contributed by atoms with Crippen LogP contribution in [-0.2, 0) is 0 Å². The zero-order chi connectivity index (χ0) is 10.7. The summed E-state index contributed by atoms with van der Waals surface area (Å²) in [6.45, 7) is 1.13. The van der Waals surface area contributed by atoms with Crippen LogP contribution in [0.15, 0.2) is 24.3 Å². The molecule has 3 heteroatoms. The second-order valence-corrected chi connectivity index (χ2v) is 5.22. The second kappa shape index (κ2) is 4.90. The van der Waals surface area contributed by atoms with Gasteiger partial charge in [-0.25, -0.2) is 0 Å². The van der Waals surface area contributed by atoms with Crippen molar-refractivity contribution in [3.05, 3.63) is 29.8 Å². The van der Waals surface area contributed by atoms with Gasteiger partial charge in [-0.3, -0.25) is 0 Å². The molecule has 1 N–H and O–H groups in total. The summed E-state index contributed by atoms with van der Waals surface area (Å²) in [7, 11) is 4.15. The Morgan fingerprint density at radius 1 is 1.27 bits per heavy atom. The average molecular weight is 222 g/mol. The molecule has 1 heterocycles. The van der Waals surface area contributed by atoms with Crippen molar-refractivity contribution in [1.29, 1.82) is 0 Å². The van der Waals surface area contributed by atoms with Crippen molar-refractivity contribution >= 4 is 17.4 Å². The van der Waals surface area contributed by atoms with Gasteiger partial charge in [0.15, 0.2) is 0 Å². The third kappa shape index (κ3) is 2.67. The SMILES string of the molecule is CN(C)c1ccc([C@@H]2CSCCN2)cc1. The number of anilines is 1. The first-order chi connectivity index (χ1) is 7.27. The monoisotopic (exact) mass is 222 g/mol. The standard InChI is InChI=1S/C12H18N2S/c1-14(2)11-5-3-10(4-6-11)12-9-15-8-7-13-12/h3-6,12-13H,7-9H2,1-2H3/t12-/m0/s1. The van der Waals surface area contributed by atoms with Gasteiger partial charge in [0.1, 0.15) is 0 Å². The highest BCUT2D eigenvalue weighted by atomic mass is 32.2. The highest BCUT2D eigenvalue weighted by molar-refractivity contribution is 7.99. The molecule has 1 aromatic carbocycles. The van der Waals surface area contributed by atoms with Gasteiger partial charge in [-0.2, -0.15) is 11.8 Å². The average Bonchev–Trinajstić information content (AvgIpc) is 2.30. The molecule has 1 aliphatic heterocycles. The number of benzene rings is 1. The first-order valence-electron chi connectivity index (χ1n) is 5.36. The van der Waals surface area contributed by atoms with Crippen LogP contribution in [0.2, 0.25) is 0 Å². The fourth-order valence-electron chi connectivity index (χ4n) is 1.78. The summed E-state index contributed by atoms with van der Waals surface area (Å²) in [5.41, 5.74) is 2.68. The summed E-state index contributed by atoms with van der Waals surface area (Å²) in [4.78, 5) is 2.13. The van der Waals surface area contributed by atoms with Crippen LogP contribution in [0, 0.1) is 0 Å². The number of thioether (sulfide) groups is 1. The molecule has 15 heavy (non-hydrogen) atoms. The molecule has 0 unspecified atom stereocenters. The molecule has 0 radical (unpaired) electrons. The van der Waals surface area contributed by atoms with Crippen molar-refractivity contribution in [3.8, 4) is 0 Å². The first-order valence-corrected chi connectivity index (χ1v) is 6.51. The summed E-state index contributed by atoms with van der Waals surface area (Å²) in [5, 5.41) is 3.55. The molecule has 0 saturated carbocycles. The third-order valence-electron chi connectivity index (χ3n) is 2.73. The fraction of sp³-hybridized carbons (Fsp3) is 0.500. The van der Waals surface area contributed by atoms with Crippen LogP contribution in [-0.4, -0.2) is 32.1 Å². The van der Waals surface area contributed by atoms with Crippen LogP contribution in [0.25, 0.3) is 0 Å². The predicted molar refractivity (Wildman–Crippen MR) is 68.8 cm³/mol. The molecule has 1 saturated heterocycles. The summed E-state index contributed by atoms with van der Waals surface area (Å²) in [6, 6.07) is 9.39. The lowest BCUT2D eigenvalue weighted by Crippen LogP contribution is -2.30. The lowest BCUT2D eigenvalue weighted by atomic mass is 10.1. The Morgan fingerprint density at radius 2 is 2.00 bits per heavy atom. The molecule has 1 atom stereocenters. The molecule has 0 spiro atoms. The van der Waals surface area contributed by atoms with Gasteiger partial charge in [-0.15, -0.1) is 0 Å². The van der Waals surface area contributed by atoms with Crippen molar-refractivity contribution in [3.63, 3.8) is 0 Å². The molecular weight excluding hydrogens is 204 g/mol. The van der Waals surface area contributed by atoms with E-state index >= 15 is 0 Å². The van der Waals surface area contributed by atoms with E-state index in [1.54, 1.807) is 0 Å². The Bertz CT molecular complexity index is 302. The molecule has 0 bridgehead atoms. The molecule has 0 amide bonds. The van der Waals surface area contributed by atoms with Crippen LogP contribution in [0.4, 0.5) is 5.69 Å². The van der Waals surface area contributed by atoms with E-state index in [1.807, 2.05) is 11.8 Å². The van der Waals surface area contributed by atoms with Crippen molar-refractivity contribution in [2.24, 2.45) is 0 Å². The molecule has 1 aliphatic rings. The van der Waals surface area contributed by atoms with Gasteiger partial charge in [0.2, 0.25) is 0 Å². The van der Waals surface area contributed by atoms with Gasteiger partial charge < -0.3 is 10.2 Å². The molecule has 0 aliphatic carbocycles. The highest BCUT2D eigenvalue weighted by Crippen LogP contribution is 2.23. The molecule has 0 aromatic heterocycles. The highest BCUT2D eigenvalue weighted by Gasteiger charge is 2.14. The van der Waals surface area contributed by atoms with Crippen LogP contribution in [0.5, 0.6) is 0 Å². The summed E-state index contributed by atoms with van der Waals surface area (Å²) >= 11 is 2.04. The third-order valence-corrected chi connectivity index (χ3v) is 3.80. The first kappa shape index (κ1) is 10.8. The minimum absolute atomic E-state index is 0.542. The minimum Gasteiger partial charge on any atom is -0.378 e. The van der Waals surface area contributed by atoms with Crippen molar-refractivity contribution in [2.75, 3.05) is 37.0 Å². The van der Waals surface area contributed by atoms with Crippen molar-refractivity contribution < 1.29 is 0 Å². The molecule has 82 valence electrons. The smallest absolute Gasteiger partial charge is 0.0412 e. The predicted octanol–water partition coefficient (Wildman–Crippen LogP) is 2.13. The summed E-state index contributed by atoms with van der Waals surface area (Å²) in [5.74, 6) is 2.44. The van der Waals surface area contributed by atoms with E-state index in [0.717, 1.165) is 6.54 Å². The van der Waals surface area contributed by atoms with E-state index in [1.165, 1.54) is 22.8 Å². The maximum atomic E-state index is 3.55. The topological polar surface area (TPSA) is 15.3 Å². The maximum absolute atomic E-state index is 3.55. The normalized spacial score (nSPS) is 21.3. The van der Waals surface area contributed by atoms with Crippen LogP contribution >= 0.6 is 11.8 Å². The van der Waals surface area contributed by atoms with E-state index in [0.29, 0.717) is 6.04 Å². The second-order valence-electron chi connectivity index (χ2n) is 4.07. The Kier molecular flexibility index (Phi) is 3.54. The van der Waals surface area contributed by atoms with Gasteiger partial charge in [0.05, 0.1) is 0 Å². The Morgan fingerprint density at radius 3 is 2.53 bits per heavy atom. The van der Waals surface area contributed by atoms with E-state index in [-0.39, 0.29) is 0 Å². The van der Waals surface area contributed by atoms with Crippen LogP contribution in [0.3, 0.4) is 0 Å². The van der Waals surface area contributed by atoms with Gasteiger partial charge in [-0.1, -0.05) is 12.1 Å². The van der Waals surface area contributed by atoms with Gasteiger partial charge in [0, 0.05) is 43.9 Å². The zero-order valence-corrected chi connectivity index (χ0v) is 10.2. The molecule has 1 aromatic rings. The van der Waals surface area contributed by atoms with Crippen molar-refractivity contribution in [1.82, 2.24) is 5.32 Å². The number of rotatable bonds is 2. The molecule has 2 nitrogen and oxygen atoms in total. The summed E-state index contributed by atoms with van der Waals surface area (Å²) in [6.07, 6.45) is 0. The maximum Gasteiger partial charge on any atom is 0.0412 e. The van der Waals surface area contributed by atoms with Gasteiger partial charge >= 0.3 is 0 Å². The summed E-state index contributed by atoms with van der Waals surface area (Å²) < 4.78 is 0. The quantitative estimate of drug-likeness (QED) is 0.825. The fourth-order valence-corrected chi connectivity index (χ4v) is 2.76. The van der Waals surface area contributed by atoms with Gasteiger partial charge in [-0.05, 0) is 17.7 Å². The molecule has 1 fully saturated rings. The Hall–Kier alpha value is -0.670. The minimum atomic E-state index is 0.542. The van der Waals surface area contributed by atoms with Crippen LogP contribution < -0.4 is 10.2 Å². The number of nitrogens with zero attached hydrogens (tertiary/aromatic N) is 1.